The Labute approximate surface area is 66.5 Å². The van der Waals surface area contributed by atoms with Crippen LogP contribution in [0.3, 0.4) is 0 Å². The van der Waals surface area contributed by atoms with Gasteiger partial charge in [-0.15, -0.1) is 0 Å². The summed E-state index contributed by atoms with van der Waals surface area (Å²) in [5.41, 5.74) is 5.14. The van der Waals surface area contributed by atoms with Crippen LogP contribution in [0, 0.1) is 11.8 Å². The molecule has 1 aliphatic heterocycles. The van der Waals surface area contributed by atoms with Gasteiger partial charge >= 0.3 is 0 Å². The fourth-order valence-electron chi connectivity index (χ4n) is 1.56. The van der Waals surface area contributed by atoms with E-state index in [1.54, 1.807) is 0 Å². The van der Waals surface area contributed by atoms with Gasteiger partial charge in [0.2, 0.25) is 5.91 Å². The van der Waals surface area contributed by atoms with E-state index in [2.05, 4.69) is 4.90 Å². The first-order chi connectivity index (χ1) is 5.25. The highest BCUT2D eigenvalue weighted by Crippen LogP contribution is 2.31. The maximum absolute atomic E-state index is 10.6. The van der Waals surface area contributed by atoms with Gasteiger partial charge in [-0.3, -0.25) is 4.79 Å². The number of amides is 1. The number of nitrogens with two attached hydrogens (primary N) is 1. The van der Waals surface area contributed by atoms with Gasteiger partial charge in [0.1, 0.15) is 0 Å². The molecule has 2 aliphatic rings. The van der Waals surface area contributed by atoms with Gasteiger partial charge in [-0.1, -0.05) is 0 Å². The minimum absolute atomic E-state index is 0.128. The molecule has 0 atom stereocenters. The minimum Gasteiger partial charge on any atom is -0.369 e. The predicted octanol–water partition coefficient (Wildman–Crippen LogP) is -0.187. The molecule has 2 fully saturated rings. The second-order valence-corrected chi connectivity index (χ2v) is 3.76. The van der Waals surface area contributed by atoms with E-state index in [1.807, 2.05) is 0 Å². The van der Waals surface area contributed by atoms with Gasteiger partial charge in [-0.2, -0.15) is 0 Å². The number of likely N-dealkylation sites (tertiary alicyclic amines) is 1. The molecule has 0 aromatic heterocycles. The highest BCUT2D eigenvalue weighted by atomic mass is 16.1. The molecule has 11 heavy (non-hydrogen) atoms. The summed E-state index contributed by atoms with van der Waals surface area (Å²) in [5.74, 6) is 0.953. The second kappa shape index (κ2) is 2.48. The van der Waals surface area contributed by atoms with Crippen LogP contribution < -0.4 is 5.73 Å². The zero-order valence-electron chi connectivity index (χ0n) is 6.62. The van der Waals surface area contributed by atoms with E-state index in [0.717, 1.165) is 19.0 Å². The van der Waals surface area contributed by atoms with Crippen LogP contribution >= 0.6 is 0 Å². The molecule has 1 amide bonds. The molecule has 0 spiro atoms. The maximum Gasteiger partial charge on any atom is 0.223 e. The van der Waals surface area contributed by atoms with Crippen molar-refractivity contribution < 1.29 is 4.79 Å². The molecule has 0 unspecified atom stereocenters. The van der Waals surface area contributed by atoms with E-state index < -0.39 is 0 Å². The van der Waals surface area contributed by atoms with Crippen LogP contribution in [0.25, 0.3) is 0 Å². The average molecular weight is 154 g/mol. The van der Waals surface area contributed by atoms with Crippen molar-refractivity contribution in [3.05, 3.63) is 0 Å². The molecule has 2 N–H and O–H groups in total. The Morgan fingerprint density at radius 1 is 1.45 bits per heavy atom. The van der Waals surface area contributed by atoms with Gasteiger partial charge in [0, 0.05) is 19.6 Å². The van der Waals surface area contributed by atoms with E-state index in [0.29, 0.717) is 0 Å². The lowest BCUT2D eigenvalue weighted by Crippen LogP contribution is -2.52. The highest BCUT2D eigenvalue weighted by molar-refractivity contribution is 5.78. The Balaban J connectivity index is 1.66. The fourth-order valence-corrected chi connectivity index (χ4v) is 1.56. The standard InChI is InChI=1S/C8H14N2O/c9-8(11)7-4-10(5-7)3-6-1-2-6/h6-7H,1-5H2,(H2,9,11). The summed E-state index contributed by atoms with van der Waals surface area (Å²) in [7, 11) is 0. The van der Waals surface area contributed by atoms with E-state index in [4.69, 9.17) is 5.73 Å². The van der Waals surface area contributed by atoms with Crippen LogP contribution in [0.15, 0.2) is 0 Å². The topological polar surface area (TPSA) is 46.3 Å². The summed E-state index contributed by atoms with van der Waals surface area (Å²) in [6.45, 7) is 3.02. The molecular weight excluding hydrogens is 140 g/mol. The van der Waals surface area contributed by atoms with Crippen LogP contribution in [0.2, 0.25) is 0 Å². The zero-order chi connectivity index (χ0) is 7.84. The van der Waals surface area contributed by atoms with Crippen molar-refractivity contribution in [2.24, 2.45) is 17.6 Å². The lowest BCUT2D eigenvalue weighted by atomic mass is 9.99. The number of nitrogens with zero attached hydrogens (tertiary/aromatic N) is 1. The first-order valence-electron chi connectivity index (χ1n) is 4.27. The molecule has 0 radical (unpaired) electrons. The number of primary amides is 1. The molecule has 0 aromatic carbocycles. The molecule has 3 nitrogen and oxygen atoms in total. The summed E-state index contributed by atoms with van der Waals surface area (Å²) >= 11 is 0. The van der Waals surface area contributed by atoms with Crippen molar-refractivity contribution in [2.45, 2.75) is 12.8 Å². The smallest absolute Gasteiger partial charge is 0.223 e. The van der Waals surface area contributed by atoms with Crippen molar-refractivity contribution in [3.8, 4) is 0 Å². The Bertz CT molecular complexity index is 171. The summed E-state index contributed by atoms with van der Waals surface area (Å²) in [4.78, 5) is 13.0. The quantitative estimate of drug-likeness (QED) is 0.612. The van der Waals surface area contributed by atoms with Crippen molar-refractivity contribution >= 4 is 5.91 Å². The lowest BCUT2D eigenvalue weighted by molar-refractivity contribution is -0.126. The molecular formula is C8H14N2O. The third-order valence-electron chi connectivity index (χ3n) is 2.57. The summed E-state index contributed by atoms with van der Waals surface area (Å²) in [5, 5.41) is 0. The SMILES string of the molecule is NC(=O)C1CN(CC2CC2)C1. The Morgan fingerprint density at radius 2 is 2.09 bits per heavy atom. The predicted molar refractivity (Wildman–Crippen MR) is 41.8 cm³/mol. The van der Waals surface area contributed by atoms with Crippen LogP contribution in [0.5, 0.6) is 0 Å². The molecule has 0 bridgehead atoms. The molecule has 1 saturated carbocycles. The van der Waals surface area contributed by atoms with Gasteiger partial charge in [0.25, 0.3) is 0 Å². The number of carbonyl (C=O) groups is 1. The number of hydrogen-bond acceptors (Lipinski definition) is 2. The molecule has 3 heteroatoms. The lowest BCUT2D eigenvalue weighted by Gasteiger charge is -2.37. The molecule has 0 aromatic rings. The molecule has 2 rings (SSSR count). The fraction of sp³-hybridized carbons (Fsp3) is 0.875. The first-order valence-corrected chi connectivity index (χ1v) is 4.27. The number of hydrogen-bond donors (Lipinski definition) is 1. The van der Waals surface area contributed by atoms with Crippen molar-refractivity contribution in [1.82, 2.24) is 4.90 Å². The number of rotatable bonds is 3. The zero-order valence-corrected chi connectivity index (χ0v) is 6.62. The molecule has 1 saturated heterocycles. The van der Waals surface area contributed by atoms with Gasteiger partial charge in [0.05, 0.1) is 5.92 Å². The van der Waals surface area contributed by atoms with Gasteiger partial charge in [0.15, 0.2) is 0 Å². The summed E-state index contributed by atoms with van der Waals surface area (Å²) < 4.78 is 0. The average Bonchev–Trinajstić information content (AvgIpc) is 2.58. The monoisotopic (exact) mass is 154 g/mol. The Morgan fingerprint density at radius 3 is 2.55 bits per heavy atom. The van der Waals surface area contributed by atoms with Gasteiger partial charge < -0.3 is 10.6 Å². The minimum atomic E-state index is -0.128. The molecule has 1 aliphatic carbocycles. The van der Waals surface area contributed by atoms with Crippen LogP contribution in [-0.4, -0.2) is 30.4 Å². The highest BCUT2D eigenvalue weighted by Gasteiger charge is 2.34. The van der Waals surface area contributed by atoms with E-state index in [9.17, 15) is 4.79 Å². The number of carbonyl (C=O) groups excluding carboxylic acids is 1. The Hall–Kier alpha value is -0.570. The van der Waals surface area contributed by atoms with E-state index >= 15 is 0 Å². The molecule has 1 heterocycles. The van der Waals surface area contributed by atoms with Crippen LogP contribution in [0.4, 0.5) is 0 Å². The first kappa shape index (κ1) is 7.10. The van der Waals surface area contributed by atoms with E-state index in [1.165, 1.54) is 19.4 Å². The van der Waals surface area contributed by atoms with Gasteiger partial charge in [-0.25, -0.2) is 0 Å². The maximum atomic E-state index is 10.6. The van der Waals surface area contributed by atoms with Gasteiger partial charge in [-0.05, 0) is 18.8 Å². The Kier molecular flexibility index (Phi) is 1.60. The van der Waals surface area contributed by atoms with Crippen LogP contribution in [0.1, 0.15) is 12.8 Å². The summed E-state index contributed by atoms with van der Waals surface area (Å²) in [6, 6.07) is 0. The molecule has 62 valence electrons. The largest absolute Gasteiger partial charge is 0.369 e. The van der Waals surface area contributed by atoms with Crippen LogP contribution in [-0.2, 0) is 4.79 Å². The summed E-state index contributed by atoms with van der Waals surface area (Å²) in [6.07, 6.45) is 2.77. The van der Waals surface area contributed by atoms with E-state index in [-0.39, 0.29) is 11.8 Å². The normalized spacial score (nSPS) is 26.5. The van der Waals surface area contributed by atoms with Crippen molar-refractivity contribution in [1.29, 1.82) is 0 Å². The van der Waals surface area contributed by atoms with Crippen molar-refractivity contribution in [3.63, 3.8) is 0 Å². The van der Waals surface area contributed by atoms with Crippen molar-refractivity contribution in [2.75, 3.05) is 19.6 Å². The third kappa shape index (κ3) is 1.53. The second-order valence-electron chi connectivity index (χ2n) is 3.76. The third-order valence-corrected chi connectivity index (χ3v) is 2.57.